The van der Waals surface area contributed by atoms with Gasteiger partial charge in [-0.05, 0) is 36.7 Å². The minimum Gasteiger partial charge on any atom is -0.374 e. The van der Waals surface area contributed by atoms with Crippen molar-refractivity contribution in [3.05, 3.63) is 28.8 Å². The van der Waals surface area contributed by atoms with E-state index in [0.717, 1.165) is 24.7 Å². The van der Waals surface area contributed by atoms with Gasteiger partial charge in [0.1, 0.15) is 0 Å². The average Bonchev–Trinajstić information content (AvgIpc) is 2.36. The van der Waals surface area contributed by atoms with Gasteiger partial charge in [-0.1, -0.05) is 38.3 Å². The number of rotatable bonds is 8. The Labute approximate surface area is 116 Å². The first-order valence-corrected chi connectivity index (χ1v) is 7.27. The van der Waals surface area contributed by atoms with Crippen LogP contribution in [0.3, 0.4) is 0 Å². The molecule has 0 spiro atoms. The van der Waals surface area contributed by atoms with Crippen molar-refractivity contribution in [1.82, 2.24) is 5.32 Å². The van der Waals surface area contributed by atoms with Crippen LogP contribution in [0.4, 0.5) is 5.69 Å². The summed E-state index contributed by atoms with van der Waals surface area (Å²) in [7, 11) is 2.16. The molecule has 0 radical (unpaired) electrons. The van der Waals surface area contributed by atoms with Gasteiger partial charge in [-0.25, -0.2) is 0 Å². The van der Waals surface area contributed by atoms with Crippen molar-refractivity contribution in [2.75, 3.05) is 25.0 Å². The SMILES string of the molecule is CCCCCN(C)c1ccc(Cl)cc1CNCC. The summed E-state index contributed by atoms with van der Waals surface area (Å²) >= 11 is 6.08. The molecule has 0 heterocycles. The van der Waals surface area contributed by atoms with Gasteiger partial charge in [-0.15, -0.1) is 0 Å². The Morgan fingerprint density at radius 1 is 1.22 bits per heavy atom. The minimum absolute atomic E-state index is 0.814. The maximum atomic E-state index is 6.08. The highest BCUT2D eigenvalue weighted by molar-refractivity contribution is 6.30. The first-order chi connectivity index (χ1) is 8.69. The van der Waals surface area contributed by atoms with E-state index in [0.29, 0.717) is 0 Å². The van der Waals surface area contributed by atoms with Crippen LogP contribution in [0.15, 0.2) is 18.2 Å². The number of nitrogens with one attached hydrogen (secondary N) is 1. The highest BCUT2D eigenvalue weighted by Crippen LogP contribution is 2.24. The molecule has 0 amide bonds. The number of hydrogen-bond acceptors (Lipinski definition) is 2. The van der Waals surface area contributed by atoms with Crippen molar-refractivity contribution in [2.24, 2.45) is 0 Å². The van der Waals surface area contributed by atoms with E-state index >= 15 is 0 Å². The number of anilines is 1. The lowest BCUT2D eigenvalue weighted by Crippen LogP contribution is -2.22. The second kappa shape index (κ2) is 8.39. The van der Waals surface area contributed by atoms with Crippen LogP contribution in [0, 0.1) is 0 Å². The van der Waals surface area contributed by atoms with Crippen LogP contribution in [-0.4, -0.2) is 20.1 Å². The van der Waals surface area contributed by atoms with Gasteiger partial charge in [0.25, 0.3) is 0 Å². The molecule has 102 valence electrons. The van der Waals surface area contributed by atoms with Crippen molar-refractivity contribution >= 4 is 17.3 Å². The molecular formula is C15H25ClN2. The summed E-state index contributed by atoms with van der Waals surface area (Å²) in [4.78, 5) is 2.33. The Bertz CT molecular complexity index is 352. The molecule has 2 nitrogen and oxygen atoms in total. The number of hydrogen-bond donors (Lipinski definition) is 1. The Kier molecular flexibility index (Phi) is 7.14. The van der Waals surface area contributed by atoms with Gasteiger partial charge in [0.15, 0.2) is 0 Å². The van der Waals surface area contributed by atoms with Gasteiger partial charge in [-0.3, -0.25) is 0 Å². The monoisotopic (exact) mass is 268 g/mol. The van der Waals surface area contributed by atoms with E-state index in [2.05, 4.69) is 43.2 Å². The van der Waals surface area contributed by atoms with Gasteiger partial charge >= 0.3 is 0 Å². The molecule has 0 bridgehead atoms. The fourth-order valence-electron chi connectivity index (χ4n) is 2.05. The lowest BCUT2D eigenvalue weighted by Gasteiger charge is -2.23. The zero-order chi connectivity index (χ0) is 13.4. The second-order valence-electron chi connectivity index (χ2n) is 4.68. The molecule has 0 saturated heterocycles. The van der Waals surface area contributed by atoms with Crippen molar-refractivity contribution < 1.29 is 0 Å². The van der Waals surface area contributed by atoms with Gasteiger partial charge in [0.2, 0.25) is 0 Å². The molecule has 3 heteroatoms. The quantitative estimate of drug-likeness (QED) is 0.715. The number of nitrogens with zero attached hydrogens (tertiary/aromatic N) is 1. The Morgan fingerprint density at radius 3 is 2.67 bits per heavy atom. The average molecular weight is 269 g/mol. The van der Waals surface area contributed by atoms with Gasteiger partial charge < -0.3 is 10.2 Å². The molecule has 0 fully saturated rings. The van der Waals surface area contributed by atoms with Crippen LogP contribution in [0.1, 0.15) is 38.7 Å². The lowest BCUT2D eigenvalue weighted by molar-refractivity contribution is 0.695. The van der Waals surface area contributed by atoms with Crippen molar-refractivity contribution in [3.8, 4) is 0 Å². The summed E-state index contributed by atoms with van der Waals surface area (Å²) in [6, 6.07) is 6.17. The summed E-state index contributed by atoms with van der Waals surface area (Å²) in [6.07, 6.45) is 3.80. The predicted octanol–water partition coefficient (Wildman–Crippen LogP) is 4.08. The fraction of sp³-hybridized carbons (Fsp3) is 0.600. The van der Waals surface area contributed by atoms with Crippen LogP contribution in [0.5, 0.6) is 0 Å². The van der Waals surface area contributed by atoms with E-state index < -0.39 is 0 Å². The third-order valence-electron chi connectivity index (χ3n) is 3.12. The summed E-state index contributed by atoms with van der Waals surface area (Å²) in [6.45, 7) is 7.32. The molecule has 0 aromatic heterocycles. The van der Waals surface area contributed by atoms with Crippen molar-refractivity contribution in [1.29, 1.82) is 0 Å². The standard InChI is InChI=1S/C15H25ClN2/c1-4-6-7-10-18(3)15-9-8-14(16)11-13(15)12-17-5-2/h8-9,11,17H,4-7,10,12H2,1-3H3. The maximum absolute atomic E-state index is 6.08. The molecule has 0 aliphatic rings. The zero-order valence-electron chi connectivity index (χ0n) is 11.8. The largest absolute Gasteiger partial charge is 0.374 e. The zero-order valence-corrected chi connectivity index (χ0v) is 12.6. The minimum atomic E-state index is 0.814. The van der Waals surface area contributed by atoms with Gasteiger partial charge in [0, 0.05) is 30.8 Å². The molecule has 18 heavy (non-hydrogen) atoms. The van der Waals surface area contributed by atoms with Gasteiger partial charge in [-0.2, -0.15) is 0 Å². The van der Waals surface area contributed by atoms with E-state index in [1.165, 1.54) is 30.5 Å². The third kappa shape index (κ3) is 4.87. The molecule has 1 rings (SSSR count). The smallest absolute Gasteiger partial charge is 0.0410 e. The highest BCUT2D eigenvalue weighted by atomic mass is 35.5. The van der Waals surface area contributed by atoms with Crippen molar-refractivity contribution in [3.63, 3.8) is 0 Å². The molecule has 1 aromatic carbocycles. The van der Waals surface area contributed by atoms with Crippen LogP contribution in [-0.2, 0) is 6.54 Å². The summed E-state index contributed by atoms with van der Waals surface area (Å²) in [5.41, 5.74) is 2.57. The molecule has 1 N–H and O–H groups in total. The molecule has 0 aliphatic carbocycles. The van der Waals surface area contributed by atoms with E-state index in [-0.39, 0.29) is 0 Å². The van der Waals surface area contributed by atoms with Crippen LogP contribution < -0.4 is 10.2 Å². The molecule has 0 atom stereocenters. The number of unbranched alkanes of at least 4 members (excludes halogenated alkanes) is 2. The van der Waals surface area contributed by atoms with E-state index in [1.54, 1.807) is 0 Å². The third-order valence-corrected chi connectivity index (χ3v) is 3.35. The maximum Gasteiger partial charge on any atom is 0.0410 e. The first kappa shape index (κ1) is 15.3. The molecule has 1 aromatic rings. The van der Waals surface area contributed by atoms with Crippen molar-refractivity contribution in [2.45, 2.75) is 39.7 Å². The predicted molar refractivity (Wildman–Crippen MR) is 81.6 cm³/mol. The summed E-state index contributed by atoms with van der Waals surface area (Å²) in [5, 5.41) is 4.18. The van der Waals surface area contributed by atoms with Crippen LogP contribution >= 0.6 is 11.6 Å². The number of halogens is 1. The van der Waals surface area contributed by atoms with E-state index in [1.807, 2.05) is 6.07 Å². The van der Waals surface area contributed by atoms with E-state index in [4.69, 9.17) is 11.6 Å². The summed E-state index contributed by atoms with van der Waals surface area (Å²) in [5.74, 6) is 0. The normalized spacial score (nSPS) is 10.7. The highest BCUT2D eigenvalue weighted by Gasteiger charge is 2.07. The first-order valence-electron chi connectivity index (χ1n) is 6.89. The van der Waals surface area contributed by atoms with E-state index in [9.17, 15) is 0 Å². The van der Waals surface area contributed by atoms with Crippen LogP contribution in [0.25, 0.3) is 0 Å². The molecule has 0 unspecified atom stereocenters. The molecular weight excluding hydrogens is 244 g/mol. The molecule has 0 saturated carbocycles. The van der Waals surface area contributed by atoms with Crippen LogP contribution in [0.2, 0.25) is 5.02 Å². The van der Waals surface area contributed by atoms with Gasteiger partial charge in [0.05, 0.1) is 0 Å². The Hall–Kier alpha value is -0.730. The Morgan fingerprint density at radius 2 is 2.00 bits per heavy atom. The summed E-state index contributed by atoms with van der Waals surface area (Å²) < 4.78 is 0. The number of benzene rings is 1. The fourth-order valence-corrected chi connectivity index (χ4v) is 2.24. The Balaban J connectivity index is 2.72. The second-order valence-corrected chi connectivity index (χ2v) is 5.12. The molecule has 0 aliphatic heterocycles. The topological polar surface area (TPSA) is 15.3 Å². The lowest BCUT2D eigenvalue weighted by atomic mass is 10.1.